The molecule has 0 fully saturated rings. The van der Waals surface area contributed by atoms with Crippen LogP contribution in [0.5, 0.6) is 0 Å². The molecule has 25 heavy (non-hydrogen) atoms. The monoisotopic (exact) mass is 347 g/mol. The summed E-state index contributed by atoms with van der Waals surface area (Å²) < 4.78 is 8.28. The summed E-state index contributed by atoms with van der Waals surface area (Å²) >= 11 is 0. The molecular weight excluding hydrogens is 322 g/mol. The molecule has 0 aliphatic carbocycles. The van der Waals surface area contributed by atoms with E-state index in [1.165, 1.54) is 4.57 Å². The number of nitrogens with one attached hydrogen (secondary N) is 1. The molecule has 2 aromatic rings. The molecule has 2 aromatic heterocycles. The van der Waals surface area contributed by atoms with Gasteiger partial charge in [0.1, 0.15) is 6.10 Å². The maximum absolute atomic E-state index is 12.8. The SMILES string of the molecule is CCCCCn1c(=O)n(CCCC2CC=CO2)c(=O)c2[nH]c(N)nc21. The van der Waals surface area contributed by atoms with Gasteiger partial charge >= 0.3 is 5.69 Å². The Bertz CT molecular complexity index is 869. The van der Waals surface area contributed by atoms with Gasteiger partial charge in [0.2, 0.25) is 0 Å². The third-order valence-corrected chi connectivity index (χ3v) is 4.54. The zero-order valence-electron chi connectivity index (χ0n) is 14.5. The Morgan fingerprint density at radius 2 is 2.08 bits per heavy atom. The number of hydrogen-bond acceptors (Lipinski definition) is 5. The van der Waals surface area contributed by atoms with Crippen LogP contribution in [0.4, 0.5) is 5.95 Å². The number of nitrogens with two attached hydrogens (primary N) is 1. The lowest BCUT2D eigenvalue weighted by Gasteiger charge is -2.13. The number of nitrogens with zero attached hydrogens (tertiary/aromatic N) is 3. The summed E-state index contributed by atoms with van der Waals surface area (Å²) in [7, 11) is 0. The molecule has 0 saturated carbocycles. The standard InChI is InChI=1S/C17H25N5O3/c1-2-3-4-9-21-14-13(19-16(18)20-14)15(23)22(17(21)24)10-5-7-12-8-6-11-25-12/h6,11-12H,2-5,7-10H2,1H3,(H3,18,19,20). The zero-order valence-corrected chi connectivity index (χ0v) is 14.5. The van der Waals surface area contributed by atoms with Crippen LogP contribution in [-0.4, -0.2) is 25.2 Å². The van der Waals surface area contributed by atoms with Crippen molar-refractivity contribution in [1.29, 1.82) is 0 Å². The highest BCUT2D eigenvalue weighted by molar-refractivity contribution is 5.72. The normalized spacial score (nSPS) is 16.6. The van der Waals surface area contributed by atoms with Gasteiger partial charge in [-0.3, -0.25) is 13.9 Å². The van der Waals surface area contributed by atoms with E-state index in [1.54, 1.807) is 10.8 Å². The second-order valence-electron chi connectivity index (χ2n) is 6.43. The van der Waals surface area contributed by atoms with E-state index in [2.05, 4.69) is 16.9 Å². The van der Waals surface area contributed by atoms with Crippen LogP contribution in [0, 0.1) is 0 Å². The highest BCUT2D eigenvalue weighted by Gasteiger charge is 2.17. The number of hydrogen-bond donors (Lipinski definition) is 2. The average Bonchev–Trinajstić information content (AvgIpc) is 3.23. The first-order valence-corrected chi connectivity index (χ1v) is 8.91. The lowest BCUT2D eigenvalue weighted by Crippen LogP contribution is -2.40. The molecule has 0 saturated heterocycles. The minimum atomic E-state index is -0.360. The van der Waals surface area contributed by atoms with Gasteiger partial charge in [-0.1, -0.05) is 19.8 Å². The number of aromatic nitrogens is 4. The summed E-state index contributed by atoms with van der Waals surface area (Å²) in [6, 6.07) is 0. The van der Waals surface area contributed by atoms with Gasteiger partial charge in [-0.25, -0.2) is 4.79 Å². The fraction of sp³-hybridized carbons (Fsp3) is 0.588. The molecule has 0 aromatic carbocycles. The van der Waals surface area contributed by atoms with Crippen molar-refractivity contribution in [2.75, 3.05) is 5.73 Å². The quantitative estimate of drug-likeness (QED) is 0.707. The van der Waals surface area contributed by atoms with Crippen LogP contribution in [0.15, 0.2) is 21.9 Å². The summed E-state index contributed by atoms with van der Waals surface area (Å²) in [5, 5.41) is 0. The lowest BCUT2D eigenvalue weighted by molar-refractivity contribution is 0.156. The van der Waals surface area contributed by atoms with Gasteiger partial charge in [0.15, 0.2) is 17.1 Å². The molecule has 8 heteroatoms. The van der Waals surface area contributed by atoms with Crippen LogP contribution in [0.25, 0.3) is 11.2 Å². The first-order chi connectivity index (χ1) is 12.1. The van der Waals surface area contributed by atoms with Crippen LogP contribution in [0.2, 0.25) is 0 Å². The summed E-state index contributed by atoms with van der Waals surface area (Å²) in [5.41, 5.74) is 5.69. The minimum Gasteiger partial charge on any atom is -0.498 e. The Hall–Kier alpha value is -2.51. The van der Waals surface area contributed by atoms with Crippen molar-refractivity contribution in [2.45, 2.75) is 64.6 Å². The van der Waals surface area contributed by atoms with E-state index in [0.717, 1.165) is 32.1 Å². The molecule has 3 heterocycles. The summed E-state index contributed by atoms with van der Waals surface area (Å²) in [6.07, 6.45) is 9.14. The van der Waals surface area contributed by atoms with Gasteiger partial charge < -0.3 is 15.5 Å². The molecule has 1 atom stereocenters. The maximum atomic E-state index is 12.8. The summed E-state index contributed by atoms with van der Waals surface area (Å²) in [5.74, 6) is 0.152. The van der Waals surface area contributed by atoms with E-state index in [-0.39, 0.29) is 23.3 Å². The number of fused-ring (bicyclic) bond motifs is 1. The van der Waals surface area contributed by atoms with Crippen LogP contribution >= 0.6 is 0 Å². The van der Waals surface area contributed by atoms with Crippen molar-refractivity contribution in [1.82, 2.24) is 19.1 Å². The van der Waals surface area contributed by atoms with Crippen molar-refractivity contribution >= 4 is 17.1 Å². The van der Waals surface area contributed by atoms with Gasteiger partial charge in [-0.15, -0.1) is 0 Å². The van der Waals surface area contributed by atoms with E-state index in [9.17, 15) is 9.59 Å². The third-order valence-electron chi connectivity index (χ3n) is 4.54. The van der Waals surface area contributed by atoms with E-state index >= 15 is 0 Å². The predicted octanol–water partition coefficient (Wildman–Crippen LogP) is 1.74. The Kier molecular flexibility index (Phi) is 5.25. The van der Waals surface area contributed by atoms with Gasteiger partial charge in [0.25, 0.3) is 5.56 Å². The molecule has 1 aliphatic heterocycles. The molecule has 136 valence electrons. The van der Waals surface area contributed by atoms with E-state index < -0.39 is 0 Å². The maximum Gasteiger partial charge on any atom is 0.332 e. The number of anilines is 1. The molecule has 0 amide bonds. The number of aryl methyl sites for hydroxylation is 1. The highest BCUT2D eigenvalue weighted by atomic mass is 16.5. The number of rotatable bonds is 8. The molecule has 1 unspecified atom stereocenters. The molecule has 0 radical (unpaired) electrons. The molecule has 0 bridgehead atoms. The van der Waals surface area contributed by atoms with Crippen molar-refractivity contribution < 1.29 is 4.74 Å². The van der Waals surface area contributed by atoms with E-state index in [1.807, 2.05) is 6.08 Å². The molecule has 0 spiro atoms. The number of H-pyrrole nitrogens is 1. The van der Waals surface area contributed by atoms with Gasteiger partial charge in [0.05, 0.1) is 6.26 Å². The van der Waals surface area contributed by atoms with Crippen molar-refractivity contribution in [3.05, 3.63) is 33.2 Å². The van der Waals surface area contributed by atoms with Crippen molar-refractivity contribution in [2.24, 2.45) is 0 Å². The molecule has 3 N–H and O–H groups in total. The summed E-state index contributed by atoms with van der Waals surface area (Å²) in [4.78, 5) is 32.4. The average molecular weight is 347 g/mol. The largest absolute Gasteiger partial charge is 0.498 e. The van der Waals surface area contributed by atoms with Gasteiger partial charge in [-0.2, -0.15) is 4.98 Å². The minimum absolute atomic E-state index is 0.147. The zero-order chi connectivity index (χ0) is 17.8. The molecule has 8 nitrogen and oxygen atoms in total. The Labute approximate surface area is 145 Å². The smallest absolute Gasteiger partial charge is 0.332 e. The third kappa shape index (κ3) is 3.62. The second-order valence-corrected chi connectivity index (χ2v) is 6.43. The van der Waals surface area contributed by atoms with Crippen LogP contribution < -0.4 is 17.0 Å². The van der Waals surface area contributed by atoms with Crippen molar-refractivity contribution in [3.8, 4) is 0 Å². The number of aromatic amines is 1. The summed E-state index contributed by atoms with van der Waals surface area (Å²) in [6.45, 7) is 3.00. The van der Waals surface area contributed by atoms with Crippen LogP contribution in [0.1, 0.15) is 45.4 Å². The molecular formula is C17H25N5O3. The van der Waals surface area contributed by atoms with Crippen molar-refractivity contribution in [3.63, 3.8) is 0 Å². The number of imidazole rings is 1. The van der Waals surface area contributed by atoms with Crippen LogP contribution in [-0.2, 0) is 17.8 Å². The van der Waals surface area contributed by atoms with E-state index in [0.29, 0.717) is 30.7 Å². The molecule has 3 rings (SSSR count). The fourth-order valence-corrected chi connectivity index (χ4v) is 3.20. The fourth-order valence-electron chi connectivity index (χ4n) is 3.20. The van der Waals surface area contributed by atoms with Gasteiger partial charge in [0, 0.05) is 19.5 Å². The first-order valence-electron chi connectivity index (χ1n) is 8.91. The number of unbranched alkanes of at least 4 members (excludes halogenated alkanes) is 2. The topological polar surface area (TPSA) is 108 Å². The second kappa shape index (κ2) is 7.58. The number of ether oxygens (including phenoxy) is 1. The van der Waals surface area contributed by atoms with Gasteiger partial charge in [-0.05, 0) is 25.3 Å². The Morgan fingerprint density at radius 3 is 2.80 bits per heavy atom. The van der Waals surface area contributed by atoms with Crippen LogP contribution in [0.3, 0.4) is 0 Å². The van der Waals surface area contributed by atoms with E-state index in [4.69, 9.17) is 10.5 Å². The Balaban J connectivity index is 1.87. The first kappa shape index (κ1) is 17.3. The lowest BCUT2D eigenvalue weighted by atomic mass is 10.1. The Morgan fingerprint density at radius 1 is 1.28 bits per heavy atom. The number of nitrogen functional groups attached to an aromatic ring is 1. The molecule has 1 aliphatic rings. The predicted molar refractivity (Wildman–Crippen MR) is 96.4 cm³/mol. The highest BCUT2D eigenvalue weighted by Crippen LogP contribution is 2.14.